The Hall–Kier alpha value is -0.835. The van der Waals surface area contributed by atoms with Crippen molar-refractivity contribution < 1.29 is 14.0 Å². The maximum Gasteiger partial charge on any atom is 0.494 e. The molecule has 1 aromatic carbocycles. The minimum absolute atomic E-state index is 0.116. The largest absolute Gasteiger partial charge is 0.494 e. The second-order valence-corrected chi connectivity index (χ2v) is 5.60. The third-order valence-corrected chi connectivity index (χ3v) is 3.32. The van der Waals surface area contributed by atoms with Crippen molar-refractivity contribution in [1.29, 1.82) is 0 Å². The molecule has 0 spiro atoms. The van der Waals surface area contributed by atoms with Gasteiger partial charge in [-0.2, -0.15) is 0 Å². The third-order valence-electron chi connectivity index (χ3n) is 3.32. The highest BCUT2D eigenvalue weighted by Crippen LogP contribution is 2.24. The van der Waals surface area contributed by atoms with Gasteiger partial charge in [-0.1, -0.05) is 32.0 Å². The van der Waals surface area contributed by atoms with Crippen molar-refractivity contribution in [3.8, 4) is 0 Å². The molecule has 0 aromatic heterocycles. The molecule has 1 aromatic rings. The number of rotatable bonds is 1. The minimum Gasteiger partial charge on any atom is -0.407 e. The average molecular weight is 232 g/mol. The van der Waals surface area contributed by atoms with Gasteiger partial charge in [0.25, 0.3) is 0 Å². The van der Waals surface area contributed by atoms with E-state index < -0.39 is 0 Å². The van der Waals surface area contributed by atoms with Crippen molar-refractivity contribution in [3.63, 3.8) is 0 Å². The second-order valence-electron chi connectivity index (χ2n) is 5.60. The van der Waals surface area contributed by atoms with Crippen LogP contribution in [0.25, 0.3) is 0 Å². The van der Waals surface area contributed by atoms with Crippen LogP contribution in [-0.2, 0) is 27.3 Å². The van der Waals surface area contributed by atoms with E-state index >= 15 is 0 Å². The highest BCUT2D eigenvalue weighted by atomic mass is 16.6. The summed E-state index contributed by atoms with van der Waals surface area (Å²) >= 11 is 0. The van der Waals surface area contributed by atoms with Crippen molar-refractivity contribution in [2.24, 2.45) is 5.41 Å². The molecule has 2 aliphatic heterocycles. The summed E-state index contributed by atoms with van der Waals surface area (Å²) in [5, 5.41) is 0. The van der Waals surface area contributed by atoms with Crippen LogP contribution in [0.3, 0.4) is 0 Å². The molecule has 1 saturated heterocycles. The van der Waals surface area contributed by atoms with Gasteiger partial charge in [-0.3, -0.25) is 0 Å². The molecule has 0 amide bonds. The smallest absolute Gasteiger partial charge is 0.407 e. The first kappa shape index (κ1) is 11.3. The van der Waals surface area contributed by atoms with Gasteiger partial charge >= 0.3 is 7.12 Å². The molecule has 0 N–H and O–H groups in total. The molecule has 4 heteroatoms. The summed E-state index contributed by atoms with van der Waals surface area (Å²) in [5.74, 6) is 0. The van der Waals surface area contributed by atoms with Gasteiger partial charge in [-0.05, 0) is 16.6 Å². The average Bonchev–Trinajstić information content (AvgIpc) is 2.77. The van der Waals surface area contributed by atoms with Crippen molar-refractivity contribution in [2.45, 2.75) is 27.1 Å². The Bertz CT molecular complexity index is 421. The van der Waals surface area contributed by atoms with E-state index in [1.54, 1.807) is 0 Å². The Morgan fingerprint density at radius 2 is 1.88 bits per heavy atom. The van der Waals surface area contributed by atoms with E-state index in [2.05, 4.69) is 32.0 Å². The van der Waals surface area contributed by atoms with E-state index in [-0.39, 0.29) is 12.5 Å². The first-order chi connectivity index (χ1) is 8.16. The maximum absolute atomic E-state index is 5.83. The van der Waals surface area contributed by atoms with Crippen LogP contribution in [0.4, 0.5) is 0 Å². The van der Waals surface area contributed by atoms with E-state index in [4.69, 9.17) is 14.0 Å². The zero-order valence-electron chi connectivity index (χ0n) is 10.4. The van der Waals surface area contributed by atoms with Crippen LogP contribution < -0.4 is 5.46 Å². The Kier molecular flexibility index (Phi) is 2.73. The fourth-order valence-corrected chi connectivity index (χ4v) is 2.32. The predicted octanol–water partition coefficient (Wildman–Crippen LogP) is 1.49. The molecule has 90 valence electrons. The number of benzene rings is 1. The summed E-state index contributed by atoms with van der Waals surface area (Å²) in [6, 6.07) is 6.24. The van der Waals surface area contributed by atoms with Gasteiger partial charge in [-0.25, -0.2) is 0 Å². The Morgan fingerprint density at radius 1 is 1.12 bits per heavy atom. The van der Waals surface area contributed by atoms with Gasteiger partial charge in [0.2, 0.25) is 0 Å². The standard InChI is InChI=1S/C13H17BO3/c1-13(2)8-16-14(17-9-13)12-5-3-4-10-6-15-7-11(10)12/h3-5H,6-9H2,1-2H3. The quantitative estimate of drug-likeness (QED) is 0.686. The monoisotopic (exact) mass is 232 g/mol. The van der Waals surface area contributed by atoms with Gasteiger partial charge in [-0.15, -0.1) is 0 Å². The molecule has 3 rings (SSSR count). The van der Waals surface area contributed by atoms with Gasteiger partial charge < -0.3 is 14.0 Å². The number of hydrogen-bond acceptors (Lipinski definition) is 3. The van der Waals surface area contributed by atoms with Crippen LogP contribution in [-0.4, -0.2) is 20.3 Å². The van der Waals surface area contributed by atoms with E-state index in [0.717, 1.165) is 18.7 Å². The lowest BCUT2D eigenvalue weighted by Crippen LogP contribution is -2.48. The highest BCUT2D eigenvalue weighted by Gasteiger charge is 2.35. The van der Waals surface area contributed by atoms with Crippen LogP contribution in [0.1, 0.15) is 25.0 Å². The Morgan fingerprint density at radius 3 is 2.65 bits per heavy atom. The third kappa shape index (κ3) is 2.13. The van der Waals surface area contributed by atoms with Gasteiger partial charge in [0, 0.05) is 18.6 Å². The first-order valence-corrected chi connectivity index (χ1v) is 6.07. The van der Waals surface area contributed by atoms with E-state index in [9.17, 15) is 0 Å². The fraction of sp³-hybridized carbons (Fsp3) is 0.538. The molecule has 0 saturated carbocycles. The van der Waals surface area contributed by atoms with E-state index in [0.29, 0.717) is 13.2 Å². The summed E-state index contributed by atoms with van der Waals surface area (Å²) in [6.07, 6.45) is 0. The molecule has 2 aliphatic rings. The lowest BCUT2D eigenvalue weighted by atomic mass is 9.73. The second kappa shape index (κ2) is 4.12. The SMILES string of the molecule is CC1(C)COB(c2cccc3c2COC3)OC1. The summed E-state index contributed by atoms with van der Waals surface area (Å²) in [7, 11) is -0.223. The molecule has 0 aliphatic carbocycles. The molecule has 0 radical (unpaired) electrons. The normalized spacial score (nSPS) is 22.6. The molecular weight excluding hydrogens is 215 g/mol. The number of fused-ring (bicyclic) bond motifs is 1. The number of hydrogen-bond donors (Lipinski definition) is 0. The Balaban J connectivity index is 1.84. The maximum atomic E-state index is 5.83. The molecule has 0 bridgehead atoms. The highest BCUT2D eigenvalue weighted by molar-refractivity contribution is 6.62. The van der Waals surface area contributed by atoms with Crippen molar-refractivity contribution in [1.82, 2.24) is 0 Å². The predicted molar refractivity (Wildman–Crippen MR) is 66.0 cm³/mol. The molecule has 0 atom stereocenters. The van der Waals surface area contributed by atoms with Crippen molar-refractivity contribution >= 4 is 12.6 Å². The van der Waals surface area contributed by atoms with Crippen LogP contribution >= 0.6 is 0 Å². The zero-order valence-corrected chi connectivity index (χ0v) is 10.4. The van der Waals surface area contributed by atoms with Crippen LogP contribution in [0, 0.1) is 5.41 Å². The van der Waals surface area contributed by atoms with Gasteiger partial charge in [0.1, 0.15) is 0 Å². The lowest BCUT2D eigenvalue weighted by molar-refractivity contribution is 0.0341. The van der Waals surface area contributed by atoms with Crippen molar-refractivity contribution in [3.05, 3.63) is 29.3 Å². The van der Waals surface area contributed by atoms with E-state index in [1.165, 1.54) is 11.1 Å². The van der Waals surface area contributed by atoms with Gasteiger partial charge in [0.15, 0.2) is 0 Å². The first-order valence-electron chi connectivity index (χ1n) is 6.07. The van der Waals surface area contributed by atoms with E-state index in [1.807, 2.05) is 0 Å². The molecule has 17 heavy (non-hydrogen) atoms. The fourth-order valence-electron chi connectivity index (χ4n) is 2.32. The van der Waals surface area contributed by atoms with Crippen molar-refractivity contribution in [2.75, 3.05) is 13.2 Å². The van der Waals surface area contributed by atoms with Crippen LogP contribution in [0.2, 0.25) is 0 Å². The number of ether oxygens (including phenoxy) is 1. The van der Waals surface area contributed by atoms with Crippen LogP contribution in [0.5, 0.6) is 0 Å². The molecular formula is C13H17BO3. The minimum atomic E-state index is -0.223. The molecule has 0 unspecified atom stereocenters. The molecule has 1 fully saturated rings. The van der Waals surface area contributed by atoms with Gasteiger partial charge in [0.05, 0.1) is 13.2 Å². The summed E-state index contributed by atoms with van der Waals surface area (Å²) in [6.45, 7) is 7.17. The Labute approximate surface area is 102 Å². The molecule has 2 heterocycles. The summed E-state index contributed by atoms with van der Waals surface area (Å²) < 4.78 is 17.1. The summed E-state index contributed by atoms with van der Waals surface area (Å²) in [4.78, 5) is 0. The zero-order chi connectivity index (χ0) is 11.9. The van der Waals surface area contributed by atoms with Crippen LogP contribution in [0.15, 0.2) is 18.2 Å². The lowest BCUT2D eigenvalue weighted by Gasteiger charge is -2.33. The topological polar surface area (TPSA) is 27.7 Å². The molecule has 3 nitrogen and oxygen atoms in total. The summed E-state index contributed by atoms with van der Waals surface area (Å²) in [5.41, 5.74) is 3.76.